The Balaban J connectivity index is 1.77. The van der Waals surface area contributed by atoms with Gasteiger partial charge in [-0.1, -0.05) is 23.7 Å². The number of aliphatic imine (C=N–C) groups is 1. The molecule has 0 spiro atoms. The molecule has 1 aromatic carbocycles. The molecule has 2 rings (SSSR count). The number of benzene rings is 1. The van der Waals surface area contributed by atoms with Gasteiger partial charge < -0.3 is 15.5 Å². The Bertz CT molecular complexity index is 523. The third-order valence-electron chi connectivity index (χ3n) is 4.64. The fourth-order valence-corrected chi connectivity index (χ4v) is 3.05. The summed E-state index contributed by atoms with van der Waals surface area (Å²) in [4.78, 5) is 9.68. The van der Waals surface area contributed by atoms with E-state index in [-0.39, 0.29) is 0 Å². The molecule has 1 unspecified atom stereocenters. The van der Waals surface area contributed by atoms with Crippen LogP contribution in [0.4, 0.5) is 0 Å². The van der Waals surface area contributed by atoms with Crippen LogP contribution in [0.2, 0.25) is 5.02 Å². The van der Waals surface area contributed by atoms with Gasteiger partial charge >= 0.3 is 0 Å². The first kappa shape index (κ1) is 20.0. The van der Waals surface area contributed by atoms with Crippen LogP contribution < -0.4 is 10.6 Å². The predicted molar refractivity (Wildman–Crippen MR) is 108 cm³/mol. The molecule has 2 N–H and O–H groups in total. The lowest BCUT2D eigenvalue weighted by Gasteiger charge is -2.35. The van der Waals surface area contributed by atoms with Gasteiger partial charge in [0.05, 0.1) is 6.54 Å². The van der Waals surface area contributed by atoms with Gasteiger partial charge in [-0.3, -0.25) is 9.89 Å². The number of halogens is 1. The Hall–Kier alpha value is -1.30. The highest BCUT2D eigenvalue weighted by atomic mass is 35.5. The summed E-state index contributed by atoms with van der Waals surface area (Å²) in [6, 6.07) is 8.50. The molecule has 1 atom stereocenters. The monoisotopic (exact) mass is 365 g/mol. The molecular weight excluding hydrogens is 334 g/mol. The zero-order chi connectivity index (χ0) is 18.1. The number of hydrogen-bond acceptors (Lipinski definition) is 3. The Morgan fingerprint density at radius 1 is 1.16 bits per heavy atom. The maximum absolute atomic E-state index is 5.93. The molecule has 1 fully saturated rings. The van der Waals surface area contributed by atoms with Crippen LogP contribution in [0.5, 0.6) is 0 Å². The minimum absolute atomic E-state index is 0.473. The quantitative estimate of drug-likeness (QED) is 0.573. The highest BCUT2D eigenvalue weighted by Crippen LogP contribution is 2.09. The first-order valence-corrected chi connectivity index (χ1v) is 9.65. The third kappa shape index (κ3) is 7.22. The van der Waals surface area contributed by atoms with Crippen LogP contribution in [-0.4, -0.2) is 74.7 Å². The molecule has 6 heteroatoms. The highest BCUT2D eigenvalue weighted by molar-refractivity contribution is 6.30. The maximum Gasteiger partial charge on any atom is 0.191 e. The summed E-state index contributed by atoms with van der Waals surface area (Å²) in [7, 11) is 2.19. The smallest absolute Gasteiger partial charge is 0.191 e. The summed E-state index contributed by atoms with van der Waals surface area (Å²) in [6.45, 7) is 11.5. The van der Waals surface area contributed by atoms with Crippen molar-refractivity contribution in [3.8, 4) is 0 Å². The molecule has 1 aliphatic rings. The normalized spacial score (nSPS) is 18.2. The SMILES string of the molecule is CCNC(=NCC(C)N1CCN(C)CC1)NCCc1ccc(Cl)cc1. The van der Waals surface area contributed by atoms with Crippen LogP contribution in [0, 0.1) is 0 Å². The predicted octanol–water partition coefficient (Wildman–Crippen LogP) is 2.07. The molecule has 1 heterocycles. The topological polar surface area (TPSA) is 42.9 Å². The number of nitrogens with one attached hydrogen (secondary N) is 2. The van der Waals surface area contributed by atoms with Crippen LogP contribution in [0.1, 0.15) is 19.4 Å². The zero-order valence-corrected chi connectivity index (χ0v) is 16.5. The van der Waals surface area contributed by atoms with Crippen molar-refractivity contribution in [3.05, 3.63) is 34.9 Å². The summed E-state index contributed by atoms with van der Waals surface area (Å²) < 4.78 is 0. The van der Waals surface area contributed by atoms with E-state index in [4.69, 9.17) is 16.6 Å². The number of piperazine rings is 1. The fourth-order valence-electron chi connectivity index (χ4n) is 2.92. The van der Waals surface area contributed by atoms with Crippen LogP contribution in [0.25, 0.3) is 0 Å². The fraction of sp³-hybridized carbons (Fsp3) is 0.632. The minimum Gasteiger partial charge on any atom is -0.357 e. The van der Waals surface area contributed by atoms with Crippen molar-refractivity contribution in [2.75, 3.05) is 52.9 Å². The molecule has 140 valence electrons. The zero-order valence-electron chi connectivity index (χ0n) is 15.8. The molecule has 1 aliphatic heterocycles. The minimum atomic E-state index is 0.473. The molecule has 0 radical (unpaired) electrons. The van der Waals surface area contributed by atoms with E-state index >= 15 is 0 Å². The van der Waals surface area contributed by atoms with E-state index in [2.05, 4.69) is 53.5 Å². The van der Waals surface area contributed by atoms with Gasteiger partial charge in [0.15, 0.2) is 5.96 Å². The van der Waals surface area contributed by atoms with Crippen molar-refractivity contribution in [2.24, 2.45) is 4.99 Å². The Labute approximate surface area is 157 Å². The molecule has 0 aliphatic carbocycles. The van der Waals surface area contributed by atoms with Crippen LogP contribution in [0.3, 0.4) is 0 Å². The number of likely N-dealkylation sites (N-methyl/N-ethyl adjacent to an activating group) is 1. The molecule has 1 aromatic rings. The first-order valence-electron chi connectivity index (χ1n) is 9.27. The van der Waals surface area contributed by atoms with Gasteiger partial charge in [-0.25, -0.2) is 0 Å². The van der Waals surface area contributed by atoms with Crippen molar-refractivity contribution >= 4 is 17.6 Å². The van der Waals surface area contributed by atoms with Gasteiger partial charge in [-0.15, -0.1) is 0 Å². The van der Waals surface area contributed by atoms with Crippen molar-refractivity contribution < 1.29 is 0 Å². The highest BCUT2D eigenvalue weighted by Gasteiger charge is 2.18. The Morgan fingerprint density at radius 3 is 2.48 bits per heavy atom. The van der Waals surface area contributed by atoms with Gasteiger partial charge in [0.25, 0.3) is 0 Å². The van der Waals surface area contributed by atoms with Crippen LogP contribution >= 0.6 is 11.6 Å². The van der Waals surface area contributed by atoms with E-state index in [1.165, 1.54) is 5.56 Å². The second kappa shape index (κ2) is 10.6. The summed E-state index contributed by atoms with van der Waals surface area (Å²) in [6.07, 6.45) is 0.954. The molecule has 0 amide bonds. The third-order valence-corrected chi connectivity index (χ3v) is 4.89. The van der Waals surface area contributed by atoms with Crippen molar-refractivity contribution in [1.29, 1.82) is 0 Å². The standard InChI is InChI=1S/C19H32ClN5/c1-4-21-19(22-10-9-17-5-7-18(20)8-6-17)23-15-16(2)25-13-11-24(3)12-14-25/h5-8,16H,4,9-15H2,1-3H3,(H2,21,22,23). The maximum atomic E-state index is 5.93. The van der Waals surface area contributed by atoms with E-state index in [1.807, 2.05) is 12.1 Å². The molecule has 5 nitrogen and oxygen atoms in total. The van der Waals surface area contributed by atoms with Gasteiger partial charge in [0, 0.05) is 50.3 Å². The summed E-state index contributed by atoms with van der Waals surface area (Å²) in [5.74, 6) is 0.900. The largest absolute Gasteiger partial charge is 0.357 e. The van der Waals surface area contributed by atoms with E-state index in [0.717, 1.165) is 63.2 Å². The van der Waals surface area contributed by atoms with Crippen LogP contribution in [-0.2, 0) is 6.42 Å². The number of guanidine groups is 1. The van der Waals surface area contributed by atoms with Gasteiger partial charge in [0.1, 0.15) is 0 Å². The molecule has 0 bridgehead atoms. The second-order valence-electron chi connectivity index (χ2n) is 6.71. The van der Waals surface area contributed by atoms with E-state index in [0.29, 0.717) is 6.04 Å². The van der Waals surface area contributed by atoms with Gasteiger partial charge in [-0.2, -0.15) is 0 Å². The van der Waals surface area contributed by atoms with E-state index in [9.17, 15) is 0 Å². The summed E-state index contributed by atoms with van der Waals surface area (Å²) in [5.41, 5.74) is 1.28. The molecule has 0 saturated carbocycles. The van der Waals surface area contributed by atoms with Crippen molar-refractivity contribution in [1.82, 2.24) is 20.4 Å². The number of hydrogen-bond donors (Lipinski definition) is 2. The summed E-state index contributed by atoms with van der Waals surface area (Å²) in [5, 5.41) is 7.54. The van der Waals surface area contributed by atoms with Crippen molar-refractivity contribution in [3.63, 3.8) is 0 Å². The first-order chi connectivity index (χ1) is 12.1. The summed E-state index contributed by atoms with van der Waals surface area (Å²) >= 11 is 5.93. The lowest BCUT2D eigenvalue weighted by atomic mass is 10.1. The van der Waals surface area contributed by atoms with E-state index < -0.39 is 0 Å². The van der Waals surface area contributed by atoms with Crippen molar-refractivity contribution in [2.45, 2.75) is 26.3 Å². The molecule has 25 heavy (non-hydrogen) atoms. The Kier molecular flexibility index (Phi) is 8.52. The van der Waals surface area contributed by atoms with Crippen LogP contribution in [0.15, 0.2) is 29.3 Å². The van der Waals surface area contributed by atoms with Gasteiger partial charge in [0.2, 0.25) is 0 Å². The van der Waals surface area contributed by atoms with Gasteiger partial charge in [-0.05, 0) is 45.0 Å². The Morgan fingerprint density at radius 2 is 1.84 bits per heavy atom. The lowest BCUT2D eigenvalue weighted by Crippen LogP contribution is -2.49. The molecule has 1 saturated heterocycles. The second-order valence-corrected chi connectivity index (χ2v) is 7.15. The number of rotatable bonds is 7. The molecular formula is C19H32ClN5. The number of nitrogens with zero attached hydrogens (tertiary/aromatic N) is 3. The average Bonchev–Trinajstić information content (AvgIpc) is 2.61. The van der Waals surface area contributed by atoms with E-state index in [1.54, 1.807) is 0 Å². The lowest BCUT2D eigenvalue weighted by molar-refractivity contribution is 0.122. The average molecular weight is 366 g/mol. The molecule has 0 aromatic heterocycles.